The highest BCUT2D eigenvalue weighted by molar-refractivity contribution is 7.99. The van der Waals surface area contributed by atoms with Gasteiger partial charge in [0.2, 0.25) is 0 Å². The molecular formula is C14H15NO3S. The molecule has 1 aromatic heterocycles. The Morgan fingerprint density at radius 2 is 2.21 bits per heavy atom. The number of carboxylic acid groups (broad SMARTS) is 1. The van der Waals surface area contributed by atoms with Crippen molar-refractivity contribution in [1.29, 1.82) is 0 Å². The fourth-order valence-electron chi connectivity index (χ4n) is 1.76. The molecule has 1 aromatic carbocycles. The molecule has 0 atom stereocenters. The number of thioether (sulfide) groups is 1. The van der Waals surface area contributed by atoms with Gasteiger partial charge in [-0.05, 0) is 17.9 Å². The van der Waals surface area contributed by atoms with Gasteiger partial charge >= 0.3 is 5.97 Å². The maximum atomic E-state index is 11.1. The molecule has 5 heteroatoms. The monoisotopic (exact) mass is 277 g/mol. The Hall–Kier alpha value is -1.59. The van der Waals surface area contributed by atoms with Crippen LogP contribution in [0.25, 0.3) is 10.8 Å². The molecule has 1 N–H and O–H groups in total. The summed E-state index contributed by atoms with van der Waals surface area (Å²) in [5, 5.41) is 11.8. The van der Waals surface area contributed by atoms with Gasteiger partial charge in [0.1, 0.15) is 10.7 Å². The first-order chi connectivity index (χ1) is 9.22. The van der Waals surface area contributed by atoms with E-state index in [2.05, 4.69) is 4.98 Å². The van der Waals surface area contributed by atoms with Gasteiger partial charge in [0, 0.05) is 24.9 Å². The molecule has 0 radical (unpaired) electrons. The molecule has 2 aromatic rings. The molecule has 0 aliphatic heterocycles. The van der Waals surface area contributed by atoms with Crippen LogP contribution in [-0.2, 0) is 4.74 Å². The van der Waals surface area contributed by atoms with Crippen molar-refractivity contribution < 1.29 is 14.6 Å². The number of aromatic nitrogens is 1. The third-order valence-corrected chi connectivity index (χ3v) is 3.73. The van der Waals surface area contributed by atoms with Crippen LogP contribution in [0.5, 0.6) is 0 Å². The number of aromatic carboxylic acids is 1. The maximum absolute atomic E-state index is 11.1. The van der Waals surface area contributed by atoms with Crippen LogP contribution in [0.3, 0.4) is 0 Å². The van der Waals surface area contributed by atoms with Crippen LogP contribution in [0.1, 0.15) is 16.9 Å². The van der Waals surface area contributed by atoms with Crippen molar-refractivity contribution in [2.75, 3.05) is 19.5 Å². The molecule has 4 nitrogen and oxygen atoms in total. The quantitative estimate of drug-likeness (QED) is 0.649. The Kier molecular flexibility index (Phi) is 4.76. The van der Waals surface area contributed by atoms with Gasteiger partial charge in [0.25, 0.3) is 0 Å². The summed E-state index contributed by atoms with van der Waals surface area (Å²) in [6.07, 6.45) is 0.911. The van der Waals surface area contributed by atoms with Crippen molar-refractivity contribution in [1.82, 2.24) is 4.98 Å². The zero-order chi connectivity index (χ0) is 13.7. The minimum Gasteiger partial charge on any atom is -0.477 e. The molecule has 2 rings (SSSR count). The molecular weight excluding hydrogens is 262 g/mol. The van der Waals surface area contributed by atoms with Crippen molar-refractivity contribution in [3.05, 3.63) is 36.0 Å². The van der Waals surface area contributed by atoms with Crippen LogP contribution in [-0.4, -0.2) is 35.5 Å². The van der Waals surface area contributed by atoms with E-state index in [1.54, 1.807) is 24.9 Å². The zero-order valence-electron chi connectivity index (χ0n) is 10.6. The van der Waals surface area contributed by atoms with Gasteiger partial charge in [-0.2, -0.15) is 0 Å². The van der Waals surface area contributed by atoms with E-state index in [1.807, 2.05) is 24.3 Å². The molecule has 0 saturated heterocycles. The van der Waals surface area contributed by atoms with E-state index in [1.165, 1.54) is 0 Å². The summed E-state index contributed by atoms with van der Waals surface area (Å²) in [5.41, 5.74) is 0.0907. The van der Waals surface area contributed by atoms with Gasteiger partial charge < -0.3 is 9.84 Å². The Balaban J connectivity index is 2.31. The lowest BCUT2D eigenvalue weighted by Gasteiger charge is -2.07. The van der Waals surface area contributed by atoms with Crippen LogP contribution in [0.15, 0.2) is 35.4 Å². The van der Waals surface area contributed by atoms with Crippen LogP contribution < -0.4 is 0 Å². The Morgan fingerprint density at radius 1 is 1.42 bits per heavy atom. The summed E-state index contributed by atoms with van der Waals surface area (Å²) in [4.78, 5) is 15.3. The number of benzene rings is 1. The number of hydrogen-bond acceptors (Lipinski definition) is 4. The highest BCUT2D eigenvalue weighted by atomic mass is 32.2. The van der Waals surface area contributed by atoms with Crippen LogP contribution in [0, 0.1) is 0 Å². The third kappa shape index (κ3) is 3.45. The Morgan fingerprint density at radius 3 is 2.95 bits per heavy atom. The van der Waals surface area contributed by atoms with E-state index >= 15 is 0 Å². The van der Waals surface area contributed by atoms with Gasteiger partial charge in [0.05, 0.1) is 0 Å². The second-order valence-electron chi connectivity index (χ2n) is 4.03. The average Bonchev–Trinajstić information content (AvgIpc) is 2.43. The van der Waals surface area contributed by atoms with Crippen molar-refractivity contribution in [2.24, 2.45) is 0 Å². The van der Waals surface area contributed by atoms with Gasteiger partial charge in [-0.25, -0.2) is 9.78 Å². The number of carboxylic acids is 1. The van der Waals surface area contributed by atoms with Gasteiger partial charge in [0.15, 0.2) is 0 Å². The number of pyridine rings is 1. The molecule has 0 bridgehead atoms. The molecule has 100 valence electrons. The summed E-state index contributed by atoms with van der Waals surface area (Å²) < 4.78 is 5.00. The Bertz CT molecular complexity index is 586. The van der Waals surface area contributed by atoms with Gasteiger partial charge in [-0.15, -0.1) is 11.8 Å². The van der Waals surface area contributed by atoms with E-state index in [4.69, 9.17) is 9.84 Å². The van der Waals surface area contributed by atoms with Gasteiger partial charge in [-0.1, -0.05) is 24.3 Å². The molecule has 0 aliphatic carbocycles. The summed E-state index contributed by atoms with van der Waals surface area (Å²) >= 11 is 1.57. The Labute approximate surface area is 115 Å². The van der Waals surface area contributed by atoms with E-state index < -0.39 is 5.97 Å². The lowest BCUT2D eigenvalue weighted by molar-refractivity contribution is 0.0690. The van der Waals surface area contributed by atoms with E-state index in [0.717, 1.165) is 28.0 Å². The average molecular weight is 277 g/mol. The molecule has 0 spiro atoms. The minimum absolute atomic E-state index is 0.0907. The first kappa shape index (κ1) is 13.8. The molecule has 0 fully saturated rings. The normalized spacial score (nSPS) is 10.8. The highest BCUT2D eigenvalue weighted by Gasteiger charge is 2.10. The molecule has 0 saturated carbocycles. The first-order valence-corrected chi connectivity index (χ1v) is 6.95. The molecule has 0 unspecified atom stereocenters. The molecule has 0 amide bonds. The van der Waals surface area contributed by atoms with Crippen LogP contribution >= 0.6 is 11.8 Å². The third-order valence-electron chi connectivity index (χ3n) is 2.66. The predicted octanol–water partition coefficient (Wildman–Crippen LogP) is 3.06. The number of methoxy groups -OCH3 is 1. The second-order valence-corrected chi connectivity index (χ2v) is 5.12. The minimum atomic E-state index is -0.996. The van der Waals surface area contributed by atoms with Gasteiger partial charge in [-0.3, -0.25) is 0 Å². The number of hydrogen-bond donors (Lipinski definition) is 1. The largest absolute Gasteiger partial charge is 0.477 e. The number of nitrogens with zero attached hydrogens (tertiary/aromatic N) is 1. The summed E-state index contributed by atoms with van der Waals surface area (Å²) in [7, 11) is 1.67. The summed E-state index contributed by atoms with van der Waals surface area (Å²) in [5.74, 6) is -0.141. The standard InChI is InChI=1S/C14H15NO3S/c1-18-7-4-8-19-13-11-6-3-2-5-10(11)9-12(15-13)14(16)17/h2-3,5-6,9H,4,7-8H2,1H3,(H,16,17). The number of ether oxygens (including phenoxy) is 1. The topological polar surface area (TPSA) is 59.4 Å². The van der Waals surface area contributed by atoms with Crippen molar-refractivity contribution in [3.8, 4) is 0 Å². The highest BCUT2D eigenvalue weighted by Crippen LogP contribution is 2.27. The lowest BCUT2D eigenvalue weighted by Crippen LogP contribution is -2.02. The molecule has 0 aliphatic rings. The van der Waals surface area contributed by atoms with Crippen molar-refractivity contribution in [3.63, 3.8) is 0 Å². The summed E-state index contributed by atoms with van der Waals surface area (Å²) in [6.45, 7) is 0.698. The lowest BCUT2D eigenvalue weighted by atomic mass is 10.1. The van der Waals surface area contributed by atoms with E-state index in [0.29, 0.717) is 6.61 Å². The molecule has 1 heterocycles. The predicted molar refractivity (Wildman–Crippen MR) is 75.9 cm³/mol. The SMILES string of the molecule is COCCCSc1nc(C(=O)O)cc2ccccc12. The number of carbonyl (C=O) groups is 1. The van der Waals surface area contributed by atoms with Crippen LogP contribution in [0.2, 0.25) is 0 Å². The second kappa shape index (κ2) is 6.54. The number of fused-ring (bicyclic) bond motifs is 1. The van der Waals surface area contributed by atoms with E-state index in [-0.39, 0.29) is 5.69 Å². The number of rotatable bonds is 6. The van der Waals surface area contributed by atoms with Crippen molar-refractivity contribution >= 4 is 28.5 Å². The smallest absolute Gasteiger partial charge is 0.354 e. The molecule has 19 heavy (non-hydrogen) atoms. The fourth-order valence-corrected chi connectivity index (χ4v) is 2.72. The van der Waals surface area contributed by atoms with Crippen LogP contribution in [0.4, 0.5) is 0 Å². The first-order valence-electron chi connectivity index (χ1n) is 5.97. The fraction of sp³-hybridized carbons (Fsp3) is 0.286. The van der Waals surface area contributed by atoms with E-state index in [9.17, 15) is 4.79 Å². The summed E-state index contributed by atoms with van der Waals surface area (Å²) in [6, 6.07) is 9.31. The maximum Gasteiger partial charge on any atom is 0.354 e. The van der Waals surface area contributed by atoms with Crippen molar-refractivity contribution in [2.45, 2.75) is 11.4 Å². The zero-order valence-corrected chi connectivity index (χ0v) is 11.4.